The summed E-state index contributed by atoms with van der Waals surface area (Å²) >= 11 is 0. The third kappa shape index (κ3) is 2.81. The van der Waals surface area contributed by atoms with E-state index < -0.39 is 0 Å². The monoisotopic (exact) mass is 202 g/mol. The van der Waals surface area contributed by atoms with Gasteiger partial charge < -0.3 is 4.90 Å². The molecule has 0 aromatic heterocycles. The SMILES string of the molecule is CCN(C(=O)CC#N)c1cccc(C)c1. The van der Waals surface area contributed by atoms with Gasteiger partial charge in [0, 0.05) is 12.2 Å². The first kappa shape index (κ1) is 11.3. The van der Waals surface area contributed by atoms with Crippen LogP contribution < -0.4 is 4.90 Å². The third-order valence-electron chi connectivity index (χ3n) is 2.16. The van der Waals surface area contributed by atoms with Crippen molar-refractivity contribution in [1.82, 2.24) is 0 Å². The van der Waals surface area contributed by atoms with Crippen molar-refractivity contribution in [3.63, 3.8) is 0 Å². The normalized spacial score (nSPS) is 9.40. The molecule has 0 spiro atoms. The van der Waals surface area contributed by atoms with Crippen LogP contribution in [0.25, 0.3) is 0 Å². The second kappa shape index (κ2) is 5.16. The predicted octanol–water partition coefficient (Wildman–Crippen LogP) is 2.26. The Kier molecular flexibility index (Phi) is 3.87. The highest BCUT2D eigenvalue weighted by Crippen LogP contribution is 2.16. The number of hydrogen-bond donors (Lipinski definition) is 0. The minimum absolute atomic E-state index is 0.0677. The molecule has 0 saturated carbocycles. The van der Waals surface area contributed by atoms with E-state index >= 15 is 0 Å². The molecule has 0 atom stereocenters. The van der Waals surface area contributed by atoms with Gasteiger partial charge in [0.2, 0.25) is 5.91 Å². The van der Waals surface area contributed by atoms with Crippen LogP contribution in [-0.4, -0.2) is 12.5 Å². The molecule has 0 N–H and O–H groups in total. The molecule has 3 nitrogen and oxygen atoms in total. The van der Waals surface area contributed by atoms with E-state index in [4.69, 9.17) is 5.26 Å². The molecule has 0 aliphatic carbocycles. The van der Waals surface area contributed by atoms with Crippen molar-refractivity contribution in [3.8, 4) is 6.07 Å². The smallest absolute Gasteiger partial charge is 0.241 e. The first-order chi connectivity index (χ1) is 7.19. The van der Waals surface area contributed by atoms with E-state index in [1.54, 1.807) is 4.90 Å². The second-order valence-corrected chi connectivity index (χ2v) is 3.31. The summed E-state index contributed by atoms with van der Waals surface area (Å²) in [4.78, 5) is 13.2. The Bertz CT molecular complexity index is 393. The molecule has 78 valence electrons. The molecule has 1 amide bonds. The zero-order valence-corrected chi connectivity index (χ0v) is 9.03. The molecule has 0 aliphatic rings. The topological polar surface area (TPSA) is 44.1 Å². The van der Waals surface area contributed by atoms with Gasteiger partial charge in [-0.15, -0.1) is 0 Å². The summed E-state index contributed by atoms with van der Waals surface area (Å²) in [5.74, 6) is -0.148. The maximum Gasteiger partial charge on any atom is 0.241 e. The van der Waals surface area contributed by atoms with E-state index in [0.717, 1.165) is 11.3 Å². The lowest BCUT2D eigenvalue weighted by Gasteiger charge is -2.20. The van der Waals surface area contributed by atoms with Gasteiger partial charge in [-0.2, -0.15) is 5.26 Å². The maximum absolute atomic E-state index is 11.6. The number of nitrogens with zero attached hydrogens (tertiary/aromatic N) is 2. The van der Waals surface area contributed by atoms with Crippen molar-refractivity contribution >= 4 is 11.6 Å². The quantitative estimate of drug-likeness (QED) is 0.754. The fraction of sp³-hybridized carbons (Fsp3) is 0.333. The fourth-order valence-electron chi connectivity index (χ4n) is 1.46. The number of nitriles is 1. The van der Waals surface area contributed by atoms with Gasteiger partial charge in [0.25, 0.3) is 0 Å². The molecule has 0 heterocycles. The number of rotatable bonds is 3. The predicted molar refractivity (Wildman–Crippen MR) is 59.4 cm³/mol. The summed E-state index contributed by atoms with van der Waals surface area (Å²) in [5.41, 5.74) is 1.97. The first-order valence-corrected chi connectivity index (χ1v) is 4.93. The average molecular weight is 202 g/mol. The Morgan fingerprint density at radius 2 is 2.27 bits per heavy atom. The minimum atomic E-state index is -0.148. The lowest BCUT2D eigenvalue weighted by Crippen LogP contribution is -2.30. The van der Waals surface area contributed by atoms with Crippen molar-refractivity contribution in [1.29, 1.82) is 5.26 Å². The molecule has 1 aromatic rings. The van der Waals surface area contributed by atoms with Crippen molar-refractivity contribution in [2.75, 3.05) is 11.4 Å². The van der Waals surface area contributed by atoms with Crippen LogP contribution in [0.3, 0.4) is 0 Å². The highest BCUT2D eigenvalue weighted by molar-refractivity contribution is 5.94. The van der Waals surface area contributed by atoms with Crippen molar-refractivity contribution in [2.24, 2.45) is 0 Å². The zero-order chi connectivity index (χ0) is 11.3. The average Bonchev–Trinajstić information content (AvgIpc) is 2.19. The third-order valence-corrected chi connectivity index (χ3v) is 2.16. The van der Waals surface area contributed by atoms with Crippen LogP contribution in [-0.2, 0) is 4.79 Å². The number of anilines is 1. The Hall–Kier alpha value is -1.82. The van der Waals surface area contributed by atoms with Crippen LogP contribution in [0.1, 0.15) is 18.9 Å². The first-order valence-electron chi connectivity index (χ1n) is 4.93. The zero-order valence-electron chi connectivity index (χ0n) is 9.03. The van der Waals surface area contributed by atoms with Crippen molar-refractivity contribution in [3.05, 3.63) is 29.8 Å². The summed E-state index contributed by atoms with van der Waals surface area (Å²) in [6.07, 6.45) is -0.0677. The van der Waals surface area contributed by atoms with Crippen molar-refractivity contribution < 1.29 is 4.79 Å². The molecule has 0 bridgehead atoms. The van der Waals surface area contributed by atoms with Gasteiger partial charge in [0.05, 0.1) is 6.07 Å². The highest BCUT2D eigenvalue weighted by Gasteiger charge is 2.12. The molecule has 1 aromatic carbocycles. The largest absolute Gasteiger partial charge is 0.312 e. The molecule has 0 unspecified atom stereocenters. The van der Waals surface area contributed by atoms with E-state index in [2.05, 4.69) is 0 Å². The van der Waals surface area contributed by atoms with E-state index in [0.29, 0.717) is 6.54 Å². The van der Waals surface area contributed by atoms with Gasteiger partial charge in [-0.3, -0.25) is 4.79 Å². The summed E-state index contributed by atoms with van der Waals surface area (Å²) in [6.45, 7) is 4.47. The van der Waals surface area contributed by atoms with Gasteiger partial charge in [0.15, 0.2) is 0 Å². The summed E-state index contributed by atoms with van der Waals surface area (Å²) < 4.78 is 0. The standard InChI is InChI=1S/C12H14N2O/c1-3-14(12(15)7-8-13)11-6-4-5-10(2)9-11/h4-6,9H,3,7H2,1-2H3. The van der Waals surface area contributed by atoms with Gasteiger partial charge >= 0.3 is 0 Å². The number of carbonyl (C=O) groups is 1. The van der Waals surface area contributed by atoms with Crippen LogP contribution in [0.5, 0.6) is 0 Å². The van der Waals surface area contributed by atoms with Crippen LogP contribution in [0.15, 0.2) is 24.3 Å². The molecular weight excluding hydrogens is 188 g/mol. The number of hydrogen-bond acceptors (Lipinski definition) is 2. The number of aryl methyl sites for hydroxylation is 1. The molecule has 0 fully saturated rings. The van der Waals surface area contributed by atoms with Gasteiger partial charge in [-0.1, -0.05) is 12.1 Å². The van der Waals surface area contributed by atoms with Crippen LogP contribution in [0.4, 0.5) is 5.69 Å². The molecule has 0 aliphatic heterocycles. The molecular formula is C12H14N2O. The minimum Gasteiger partial charge on any atom is -0.312 e. The lowest BCUT2D eigenvalue weighted by molar-refractivity contribution is -0.117. The van der Waals surface area contributed by atoms with Gasteiger partial charge in [0.1, 0.15) is 6.42 Å². The Balaban J connectivity index is 2.93. The number of carbonyl (C=O) groups excluding carboxylic acids is 1. The van der Waals surface area contributed by atoms with Crippen LogP contribution in [0, 0.1) is 18.3 Å². The van der Waals surface area contributed by atoms with E-state index in [9.17, 15) is 4.79 Å². The molecule has 1 rings (SSSR count). The molecule has 0 saturated heterocycles. The summed E-state index contributed by atoms with van der Waals surface area (Å²) in [6, 6.07) is 9.59. The fourth-order valence-corrected chi connectivity index (χ4v) is 1.46. The number of amides is 1. The van der Waals surface area contributed by atoms with E-state index in [1.165, 1.54) is 0 Å². The summed E-state index contributed by atoms with van der Waals surface area (Å²) in [7, 11) is 0. The van der Waals surface area contributed by atoms with E-state index in [-0.39, 0.29) is 12.3 Å². The van der Waals surface area contributed by atoms with Gasteiger partial charge in [-0.05, 0) is 31.5 Å². The molecule has 15 heavy (non-hydrogen) atoms. The molecule has 0 radical (unpaired) electrons. The Morgan fingerprint density at radius 3 is 2.80 bits per heavy atom. The maximum atomic E-state index is 11.6. The van der Waals surface area contributed by atoms with Gasteiger partial charge in [-0.25, -0.2) is 0 Å². The Labute approximate surface area is 89.9 Å². The number of benzene rings is 1. The van der Waals surface area contributed by atoms with Crippen LogP contribution >= 0.6 is 0 Å². The Morgan fingerprint density at radius 1 is 1.53 bits per heavy atom. The summed E-state index contributed by atoms with van der Waals surface area (Å²) in [5, 5.41) is 8.49. The highest BCUT2D eigenvalue weighted by atomic mass is 16.2. The van der Waals surface area contributed by atoms with Crippen LogP contribution in [0.2, 0.25) is 0 Å². The van der Waals surface area contributed by atoms with Crippen molar-refractivity contribution in [2.45, 2.75) is 20.3 Å². The molecule has 3 heteroatoms. The second-order valence-electron chi connectivity index (χ2n) is 3.31. The van der Waals surface area contributed by atoms with E-state index in [1.807, 2.05) is 44.2 Å². The lowest BCUT2D eigenvalue weighted by atomic mass is 10.2.